The van der Waals surface area contributed by atoms with Crippen LogP contribution in [0.5, 0.6) is 0 Å². The topological polar surface area (TPSA) is 124 Å². The number of fused-ring (bicyclic) bond motifs is 2. The average Bonchev–Trinajstić information content (AvgIpc) is 3.50. The summed E-state index contributed by atoms with van der Waals surface area (Å²) in [5.41, 5.74) is 0.759. The van der Waals surface area contributed by atoms with Gasteiger partial charge in [0.15, 0.2) is 5.78 Å². The molecule has 1 amide bonds. The van der Waals surface area contributed by atoms with E-state index in [0.717, 1.165) is 19.3 Å². The molecule has 5 atom stereocenters. The van der Waals surface area contributed by atoms with Gasteiger partial charge in [-0.1, -0.05) is 24.3 Å². The van der Waals surface area contributed by atoms with E-state index in [9.17, 15) is 19.1 Å². The third-order valence-electron chi connectivity index (χ3n) is 7.49. The number of nitriles is 2. The Hall–Kier alpha value is -3.76. The Kier molecular flexibility index (Phi) is 8.32. The first kappa shape index (κ1) is 29.2. The van der Waals surface area contributed by atoms with Crippen LogP contribution >= 0.6 is 0 Å². The summed E-state index contributed by atoms with van der Waals surface area (Å²) in [4.78, 5) is 28.3. The van der Waals surface area contributed by atoms with Crippen LogP contribution in [0, 0.1) is 40.4 Å². The van der Waals surface area contributed by atoms with Crippen molar-refractivity contribution in [2.24, 2.45) is 16.2 Å². The van der Waals surface area contributed by atoms with Gasteiger partial charge < -0.3 is 4.74 Å². The zero-order valence-corrected chi connectivity index (χ0v) is 23.9. The molecule has 0 radical (unpaired) electrons. The van der Waals surface area contributed by atoms with Gasteiger partial charge in [0.05, 0.1) is 27.8 Å². The summed E-state index contributed by atoms with van der Waals surface area (Å²) in [6, 6.07) is 12.7. The maximum absolute atomic E-state index is 15.2. The molecule has 10 heteroatoms. The maximum atomic E-state index is 15.2. The molecule has 2 fully saturated rings. The van der Waals surface area contributed by atoms with Gasteiger partial charge in [0.2, 0.25) is 6.19 Å². The van der Waals surface area contributed by atoms with Gasteiger partial charge in [-0.2, -0.15) is 10.5 Å². The first-order chi connectivity index (χ1) is 18.8. The number of likely N-dealkylation sites (tertiary alicyclic amines) is 1. The fourth-order valence-corrected chi connectivity index (χ4v) is 6.65. The molecule has 210 valence electrons. The van der Waals surface area contributed by atoms with E-state index in [4.69, 9.17) is 10.00 Å². The van der Waals surface area contributed by atoms with E-state index in [1.807, 2.05) is 0 Å². The number of halogens is 1. The Bertz CT molecular complexity index is 1530. The van der Waals surface area contributed by atoms with Crippen LogP contribution in [0.4, 0.5) is 9.18 Å². The normalized spacial score (nSPS) is 22.1. The molecule has 2 bridgehead atoms. The lowest BCUT2D eigenvalue weighted by Crippen LogP contribution is -2.51. The molecule has 1 aliphatic heterocycles. The van der Waals surface area contributed by atoms with E-state index in [2.05, 4.69) is 10.4 Å². The van der Waals surface area contributed by atoms with Gasteiger partial charge in [0, 0.05) is 23.6 Å². The lowest BCUT2D eigenvalue weighted by molar-refractivity contribution is -0.126. The number of ketones is 1. The molecule has 8 nitrogen and oxygen atoms in total. The van der Waals surface area contributed by atoms with Crippen molar-refractivity contribution in [1.29, 1.82) is 10.5 Å². The van der Waals surface area contributed by atoms with E-state index in [1.165, 1.54) is 12.3 Å². The predicted molar refractivity (Wildman–Crippen MR) is 148 cm³/mol. The Morgan fingerprint density at radius 2 is 1.90 bits per heavy atom. The number of hydrogen-bond acceptors (Lipinski definition) is 7. The van der Waals surface area contributed by atoms with Crippen LogP contribution in [0.1, 0.15) is 52.0 Å². The van der Waals surface area contributed by atoms with Gasteiger partial charge in [-0.3, -0.25) is 9.69 Å². The van der Waals surface area contributed by atoms with Gasteiger partial charge in [-0.25, -0.2) is 13.4 Å². The van der Waals surface area contributed by atoms with Crippen LogP contribution in [-0.2, 0) is 25.7 Å². The summed E-state index contributed by atoms with van der Waals surface area (Å²) in [7, 11) is -2.90. The average molecular weight is 565 g/mol. The zero-order valence-electron chi connectivity index (χ0n) is 23.1. The number of hydrogen-bond donors (Lipinski definition) is 0. The minimum Gasteiger partial charge on any atom is -0.444 e. The van der Waals surface area contributed by atoms with Gasteiger partial charge in [0.25, 0.3) is 0 Å². The summed E-state index contributed by atoms with van der Waals surface area (Å²) in [6.07, 6.45) is 4.84. The van der Waals surface area contributed by atoms with Crippen molar-refractivity contribution in [2.45, 2.75) is 75.5 Å². The van der Waals surface area contributed by atoms with E-state index < -0.39 is 39.2 Å². The van der Waals surface area contributed by atoms with Crippen molar-refractivity contribution in [2.75, 3.05) is 6.26 Å². The van der Waals surface area contributed by atoms with Crippen molar-refractivity contribution in [3.8, 4) is 23.4 Å². The summed E-state index contributed by atoms with van der Waals surface area (Å²) in [5.74, 6) is -1.42. The highest BCUT2D eigenvalue weighted by Crippen LogP contribution is 2.44. The molecule has 1 unspecified atom stereocenters. The lowest BCUT2D eigenvalue weighted by atomic mass is 9.87. The largest absolute Gasteiger partial charge is 0.444 e. The van der Waals surface area contributed by atoms with E-state index in [-0.39, 0.29) is 30.6 Å². The molecule has 0 aromatic heterocycles. The predicted octanol–water partition coefficient (Wildman–Crippen LogP) is 5.86. The van der Waals surface area contributed by atoms with E-state index >= 15 is 4.39 Å². The van der Waals surface area contributed by atoms with Crippen molar-refractivity contribution >= 4 is 21.6 Å². The second-order valence-electron chi connectivity index (χ2n) is 11.6. The molecule has 4 rings (SSSR count). The van der Waals surface area contributed by atoms with Crippen molar-refractivity contribution in [3.05, 3.63) is 53.8 Å². The first-order valence-corrected chi connectivity index (χ1v) is 15.2. The monoisotopic (exact) mass is 564 g/mol. The molecule has 0 N–H and O–H groups in total. The Morgan fingerprint density at radius 1 is 1.18 bits per heavy atom. The number of nitrogens with zero attached hydrogens (tertiary/aromatic N) is 4. The van der Waals surface area contributed by atoms with Crippen LogP contribution in [0.25, 0.3) is 11.1 Å². The first-order valence-electron chi connectivity index (χ1n) is 13.3. The minimum atomic E-state index is -2.90. The summed E-state index contributed by atoms with van der Waals surface area (Å²) in [6.45, 7) is 5.35. The van der Waals surface area contributed by atoms with Gasteiger partial charge in [-0.15, -0.1) is 4.36 Å². The molecule has 2 aliphatic rings. The standard InChI is InChI=1S/C30H33FN4O4S/c1-30(2,3)39-29(37)35-24-11-10-23(14-24)28(35)27(36)13-19(17-32)12-22-9-8-21(16-26(22)31)20-6-5-7-25(15-20)40(4,38)34-18-33/h5-9,15-16,19,23-24,28H,10-14H2,1-4H3/t19-,23+,24-,28+,40?/m1/s1. The number of carbonyl (C=O) groups is 2. The van der Waals surface area contributed by atoms with Crippen molar-refractivity contribution in [3.63, 3.8) is 0 Å². The second kappa shape index (κ2) is 11.4. The van der Waals surface area contributed by atoms with Crippen LogP contribution in [0.2, 0.25) is 0 Å². The van der Waals surface area contributed by atoms with Crippen LogP contribution in [-0.4, -0.2) is 44.9 Å². The third kappa shape index (κ3) is 6.34. The van der Waals surface area contributed by atoms with Crippen LogP contribution in [0.3, 0.4) is 0 Å². The van der Waals surface area contributed by atoms with Crippen LogP contribution in [0.15, 0.2) is 51.7 Å². The number of carbonyl (C=O) groups excluding carboxylic acids is 2. The summed E-state index contributed by atoms with van der Waals surface area (Å²) >= 11 is 0. The van der Waals surface area contributed by atoms with Crippen molar-refractivity contribution in [1.82, 2.24) is 4.90 Å². The fraction of sp³-hybridized carbons (Fsp3) is 0.467. The Morgan fingerprint density at radius 3 is 2.55 bits per heavy atom. The smallest absolute Gasteiger partial charge is 0.411 e. The van der Waals surface area contributed by atoms with E-state index in [1.54, 1.807) is 68.3 Å². The summed E-state index contributed by atoms with van der Waals surface area (Å²) < 4.78 is 36.9. The number of rotatable bonds is 7. The Balaban J connectivity index is 1.48. The van der Waals surface area contributed by atoms with Gasteiger partial charge in [-0.05, 0) is 87.3 Å². The molecular formula is C30H33FN4O4S. The molecule has 2 aromatic carbocycles. The number of ether oxygens (including phenoxy) is 1. The highest BCUT2D eigenvalue weighted by molar-refractivity contribution is 7.93. The molecule has 40 heavy (non-hydrogen) atoms. The van der Waals surface area contributed by atoms with Crippen LogP contribution < -0.4 is 0 Å². The maximum Gasteiger partial charge on any atom is 0.411 e. The second-order valence-corrected chi connectivity index (χ2v) is 13.8. The Labute approximate surface area is 234 Å². The number of Topliss-reactive ketones (excluding diaryl/α,β-unsaturated/α-hetero) is 1. The number of benzene rings is 2. The van der Waals surface area contributed by atoms with E-state index in [0.29, 0.717) is 21.6 Å². The molecule has 1 aliphatic carbocycles. The highest BCUT2D eigenvalue weighted by Gasteiger charge is 2.52. The highest BCUT2D eigenvalue weighted by atomic mass is 32.2. The van der Waals surface area contributed by atoms with Gasteiger partial charge in [0.1, 0.15) is 11.4 Å². The summed E-state index contributed by atoms with van der Waals surface area (Å²) in [5, 5.41) is 18.6. The molecule has 1 saturated carbocycles. The fourth-order valence-electron chi connectivity index (χ4n) is 5.71. The third-order valence-corrected chi connectivity index (χ3v) is 9.05. The molecule has 0 spiro atoms. The lowest BCUT2D eigenvalue weighted by Gasteiger charge is -2.35. The quantitative estimate of drug-likeness (QED) is 0.388. The number of amides is 1. The van der Waals surface area contributed by atoms with Crippen molar-refractivity contribution < 1.29 is 22.9 Å². The zero-order chi connectivity index (χ0) is 29.2. The molecular weight excluding hydrogens is 531 g/mol. The SMILES string of the molecule is CC(C)(C)OC(=O)N1[C@@H]2CC[C@@H](C2)[C@H]1C(=O)C[C@H](C#N)Cc1ccc(-c2cccc(S(C)(=O)=NC#N)c2)cc1F. The molecule has 1 heterocycles. The van der Waals surface area contributed by atoms with Gasteiger partial charge >= 0.3 is 6.09 Å². The minimum absolute atomic E-state index is 0.0347. The molecule has 1 saturated heterocycles. The number of piperidine rings is 1. The molecule has 2 aromatic rings.